The largest absolute Gasteiger partial charge is 0.464 e. The molecule has 0 fully saturated rings. The molecule has 1 amide bonds. The highest BCUT2D eigenvalue weighted by Gasteiger charge is 2.27. The third-order valence-electron chi connectivity index (χ3n) is 3.54. The van der Waals surface area contributed by atoms with Gasteiger partial charge in [0, 0.05) is 25.9 Å². The number of hydrogen-bond acceptors (Lipinski definition) is 6. The van der Waals surface area contributed by atoms with Gasteiger partial charge in [-0.1, -0.05) is 12.1 Å². The molecule has 1 atom stereocenters. The highest BCUT2D eigenvalue weighted by atomic mass is 19.1. The zero-order chi connectivity index (χ0) is 21.2. The smallest absolute Gasteiger partial charge is 0.408 e. The number of esters is 1. The number of benzene rings is 1. The highest BCUT2D eigenvalue weighted by molar-refractivity contribution is 5.89. The average molecular weight is 397 g/mol. The number of aliphatic hydroxyl groups is 1. The van der Waals surface area contributed by atoms with Crippen molar-refractivity contribution in [1.29, 1.82) is 0 Å². The summed E-state index contributed by atoms with van der Waals surface area (Å²) in [4.78, 5) is 36.4. The van der Waals surface area contributed by atoms with Gasteiger partial charge in [0.2, 0.25) is 0 Å². The minimum absolute atomic E-state index is 0.0285. The number of rotatable bonds is 10. The Labute approximate surface area is 164 Å². The molecular formula is C20H28FNO6. The number of Topliss-reactive ketones (excluding diaryl/α,β-unsaturated/α-hetero) is 1. The zero-order valence-electron chi connectivity index (χ0n) is 16.5. The lowest BCUT2D eigenvalue weighted by Crippen LogP contribution is -2.45. The molecule has 0 aliphatic rings. The average Bonchev–Trinajstić information content (AvgIpc) is 2.58. The monoisotopic (exact) mass is 397 g/mol. The van der Waals surface area contributed by atoms with Gasteiger partial charge >= 0.3 is 12.1 Å². The van der Waals surface area contributed by atoms with Gasteiger partial charge in [-0.05, 0) is 44.9 Å². The van der Waals surface area contributed by atoms with Gasteiger partial charge in [0.1, 0.15) is 23.2 Å². The molecule has 0 aliphatic carbocycles. The first kappa shape index (κ1) is 23.6. The van der Waals surface area contributed by atoms with Gasteiger partial charge < -0.3 is 19.9 Å². The number of ether oxygens (including phenoxy) is 2. The molecule has 0 spiro atoms. The van der Waals surface area contributed by atoms with Crippen molar-refractivity contribution in [2.75, 3.05) is 13.2 Å². The number of hydrogen-bond donors (Lipinski definition) is 2. The summed E-state index contributed by atoms with van der Waals surface area (Å²) in [5.41, 5.74) is -0.105. The van der Waals surface area contributed by atoms with Crippen LogP contribution in [0.3, 0.4) is 0 Å². The first-order valence-corrected chi connectivity index (χ1v) is 9.14. The molecule has 0 radical (unpaired) electrons. The summed E-state index contributed by atoms with van der Waals surface area (Å²) in [5.74, 6) is -1.45. The van der Waals surface area contributed by atoms with Crippen LogP contribution in [-0.2, 0) is 25.5 Å². The number of halogens is 1. The summed E-state index contributed by atoms with van der Waals surface area (Å²) < 4.78 is 23.3. The van der Waals surface area contributed by atoms with Crippen LogP contribution in [0.15, 0.2) is 24.3 Å². The van der Waals surface area contributed by atoms with E-state index in [1.165, 1.54) is 12.1 Å². The van der Waals surface area contributed by atoms with Crippen LogP contribution in [0.2, 0.25) is 0 Å². The number of aliphatic hydroxyl groups excluding tert-OH is 1. The van der Waals surface area contributed by atoms with Crippen molar-refractivity contribution in [2.24, 2.45) is 0 Å². The fourth-order valence-corrected chi connectivity index (χ4v) is 2.29. The third-order valence-corrected chi connectivity index (χ3v) is 3.54. The summed E-state index contributed by atoms with van der Waals surface area (Å²) >= 11 is 0. The van der Waals surface area contributed by atoms with E-state index in [-0.39, 0.29) is 44.1 Å². The zero-order valence-corrected chi connectivity index (χ0v) is 16.5. The Kier molecular flexibility index (Phi) is 9.58. The van der Waals surface area contributed by atoms with E-state index in [4.69, 9.17) is 14.6 Å². The molecule has 0 aliphatic heterocycles. The van der Waals surface area contributed by atoms with E-state index in [1.54, 1.807) is 32.9 Å². The van der Waals surface area contributed by atoms with Crippen molar-refractivity contribution >= 4 is 17.8 Å². The molecule has 2 N–H and O–H groups in total. The van der Waals surface area contributed by atoms with Crippen LogP contribution in [0.25, 0.3) is 0 Å². The number of nitrogens with one attached hydrogen (secondary N) is 1. The van der Waals surface area contributed by atoms with Crippen molar-refractivity contribution in [3.63, 3.8) is 0 Å². The maximum Gasteiger partial charge on any atom is 0.408 e. The van der Waals surface area contributed by atoms with Crippen LogP contribution in [0.1, 0.15) is 45.6 Å². The SMILES string of the molecule is CC(C)(C)OC(=O)N[C@@H](CC(=O)CCc1cccc(F)c1)C(=O)OCCCO. The van der Waals surface area contributed by atoms with Crippen LogP contribution in [0, 0.1) is 5.82 Å². The van der Waals surface area contributed by atoms with E-state index in [0.29, 0.717) is 12.0 Å². The van der Waals surface area contributed by atoms with Crippen LogP contribution in [0.5, 0.6) is 0 Å². The maximum absolute atomic E-state index is 13.2. The van der Waals surface area contributed by atoms with Gasteiger partial charge in [0.25, 0.3) is 0 Å². The van der Waals surface area contributed by atoms with Gasteiger partial charge in [-0.25, -0.2) is 14.0 Å². The number of ketones is 1. The molecule has 1 aromatic rings. The van der Waals surface area contributed by atoms with Crippen LogP contribution < -0.4 is 5.32 Å². The van der Waals surface area contributed by atoms with E-state index < -0.39 is 23.7 Å². The van der Waals surface area contributed by atoms with Crippen LogP contribution in [-0.4, -0.2) is 47.8 Å². The Morgan fingerprint density at radius 2 is 1.96 bits per heavy atom. The van der Waals surface area contributed by atoms with Gasteiger partial charge in [0.15, 0.2) is 0 Å². The Morgan fingerprint density at radius 1 is 1.25 bits per heavy atom. The number of carbonyl (C=O) groups excluding carboxylic acids is 3. The molecule has 0 aromatic heterocycles. The van der Waals surface area contributed by atoms with Crippen molar-refractivity contribution in [1.82, 2.24) is 5.32 Å². The Bertz CT molecular complexity index is 671. The fourth-order valence-electron chi connectivity index (χ4n) is 2.29. The molecule has 0 saturated carbocycles. The van der Waals surface area contributed by atoms with Gasteiger partial charge in [-0.15, -0.1) is 0 Å². The van der Waals surface area contributed by atoms with Crippen molar-refractivity contribution in [2.45, 2.75) is 58.1 Å². The number of aryl methyl sites for hydroxylation is 1. The second-order valence-electron chi connectivity index (χ2n) is 7.32. The molecule has 156 valence electrons. The van der Waals surface area contributed by atoms with E-state index in [0.717, 1.165) is 0 Å². The summed E-state index contributed by atoms with van der Waals surface area (Å²) in [5, 5.41) is 11.1. The van der Waals surface area contributed by atoms with Crippen LogP contribution >= 0.6 is 0 Å². The van der Waals surface area contributed by atoms with Gasteiger partial charge in [0.05, 0.1) is 6.61 Å². The molecule has 1 rings (SSSR count). The molecule has 0 heterocycles. The number of carbonyl (C=O) groups is 3. The molecule has 0 saturated heterocycles. The van der Waals surface area contributed by atoms with Gasteiger partial charge in [-0.3, -0.25) is 4.79 Å². The number of alkyl carbamates (subject to hydrolysis) is 1. The van der Waals surface area contributed by atoms with E-state index >= 15 is 0 Å². The summed E-state index contributed by atoms with van der Waals surface area (Å²) in [6.07, 6.45) is -0.463. The molecule has 8 heteroatoms. The molecule has 0 bridgehead atoms. The predicted octanol–water partition coefficient (Wildman–Crippen LogP) is 2.54. The van der Waals surface area contributed by atoms with Crippen molar-refractivity contribution in [3.05, 3.63) is 35.6 Å². The molecule has 1 aromatic carbocycles. The first-order chi connectivity index (χ1) is 13.1. The Hall–Kier alpha value is -2.48. The Balaban J connectivity index is 2.67. The molecule has 0 unspecified atom stereocenters. The second kappa shape index (κ2) is 11.4. The summed E-state index contributed by atoms with van der Waals surface area (Å²) in [6.45, 7) is 4.84. The minimum atomic E-state index is -1.20. The molecule has 7 nitrogen and oxygen atoms in total. The van der Waals surface area contributed by atoms with E-state index in [9.17, 15) is 18.8 Å². The summed E-state index contributed by atoms with van der Waals surface area (Å²) in [7, 11) is 0. The topological polar surface area (TPSA) is 102 Å². The highest BCUT2D eigenvalue weighted by Crippen LogP contribution is 2.11. The van der Waals surface area contributed by atoms with E-state index in [2.05, 4.69) is 5.32 Å². The predicted molar refractivity (Wildman–Crippen MR) is 100 cm³/mol. The lowest BCUT2D eigenvalue weighted by molar-refractivity contribution is -0.147. The Morgan fingerprint density at radius 3 is 2.57 bits per heavy atom. The fraction of sp³-hybridized carbons (Fsp3) is 0.550. The molecule has 28 heavy (non-hydrogen) atoms. The quantitative estimate of drug-likeness (QED) is 0.465. The summed E-state index contributed by atoms with van der Waals surface area (Å²) in [6, 6.07) is 4.71. The van der Waals surface area contributed by atoms with Crippen molar-refractivity contribution in [3.8, 4) is 0 Å². The lowest BCUT2D eigenvalue weighted by atomic mass is 10.0. The van der Waals surface area contributed by atoms with Crippen LogP contribution in [0.4, 0.5) is 9.18 Å². The standard InChI is InChI=1S/C20H28FNO6/c1-20(2,3)28-19(26)22-17(18(25)27-11-5-10-23)13-16(24)9-8-14-6-4-7-15(21)12-14/h4,6-7,12,17,23H,5,8-11,13H2,1-3H3,(H,22,26)/t17-/m0/s1. The first-order valence-electron chi connectivity index (χ1n) is 9.14. The number of amides is 1. The van der Waals surface area contributed by atoms with Crippen molar-refractivity contribution < 1.29 is 33.4 Å². The molecular weight excluding hydrogens is 369 g/mol. The van der Waals surface area contributed by atoms with E-state index in [1.807, 2.05) is 0 Å². The normalized spacial score (nSPS) is 12.2. The maximum atomic E-state index is 13.2. The lowest BCUT2D eigenvalue weighted by Gasteiger charge is -2.22. The third kappa shape index (κ3) is 10.0. The van der Waals surface area contributed by atoms with Gasteiger partial charge in [-0.2, -0.15) is 0 Å². The second-order valence-corrected chi connectivity index (χ2v) is 7.32. The minimum Gasteiger partial charge on any atom is -0.464 e.